The van der Waals surface area contributed by atoms with E-state index in [0.29, 0.717) is 33.6 Å². The molecule has 38 heavy (non-hydrogen) atoms. The molecule has 2 aliphatic heterocycles. The number of carbonyl (C=O) groups excluding carboxylic acids is 2. The van der Waals surface area contributed by atoms with Crippen LogP contribution in [0.3, 0.4) is 0 Å². The average molecular weight is 540 g/mol. The molecule has 10 heteroatoms. The minimum Gasteiger partial charge on any atom is -0.497 e. The van der Waals surface area contributed by atoms with E-state index in [0.717, 1.165) is 11.1 Å². The Bertz CT molecular complexity index is 1300. The number of amides is 1. The van der Waals surface area contributed by atoms with E-state index in [1.165, 1.54) is 23.9 Å². The molecular weight excluding hydrogens is 509 g/mol. The Hall–Kier alpha value is -3.79. The average Bonchev–Trinajstić information content (AvgIpc) is 3.28. The number of nitrogens with one attached hydrogen (secondary N) is 1. The molecule has 0 saturated heterocycles. The van der Waals surface area contributed by atoms with Gasteiger partial charge in [-0.25, -0.2) is 14.2 Å². The zero-order chi connectivity index (χ0) is 27.4. The number of halogens is 1. The summed E-state index contributed by atoms with van der Waals surface area (Å²) in [7, 11) is 3.12. The van der Waals surface area contributed by atoms with Gasteiger partial charge in [0.05, 0.1) is 44.1 Å². The van der Waals surface area contributed by atoms with E-state index in [1.54, 1.807) is 53.2 Å². The Balaban J connectivity index is 1.66. The third kappa shape index (κ3) is 6.02. The molecule has 4 rings (SSSR count). The van der Waals surface area contributed by atoms with Crippen LogP contribution < -0.4 is 14.8 Å². The highest BCUT2D eigenvalue weighted by Crippen LogP contribution is 2.46. The number of rotatable bonds is 9. The number of nitrogens with zero attached hydrogens (tertiary/aromatic N) is 2. The van der Waals surface area contributed by atoms with Crippen LogP contribution in [0.15, 0.2) is 69.8 Å². The summed E-state index contributed by atoms with van der Waals surface area (Å²) in [5, 5.41) is 5.39. The first kappa shape index (κ1) is 27.3. The number of ether oxygens (including phenoxy) is 3. The number of fused-ring (bicyclic) bond motifs is 1. The molecular formula is C28H30FN3O5S. The largest absolute Gasteiger partial charge is 0.497 e. The quantitative estimate of drug-likeness (QED) is 0.445. The first-order valence-corrected chi connectivity index (χ1v) is 13.0. The molecule has 2 aromatic rings. The number of benzene rings is 2. The maximum atomic E-state index is 13.3. The number of amidine groups is 1. The molecule has 1 N–H and O–H groups in total. The van der Waals surface area contributed by atoms with Crippen molar-refractivity contribution >= 4 is 28.8 Å². The molecule has 200 valence electrons. The summed E-state index contributed by atoms with van der Waals surface area (Å²) in [6.45, 7) is 5.62. The lowest BCUT2D eigenvalue weighted by molar-refractivity contribution is -0.143. The lowest BCUT2D eigenvalue weighted by atomic mass is 9.93. The van der Waals surface area contributed by atoms with Crippen molar-refractivity contribution in [3.63, 3.8) is 0 Å². The number of aliphatic imine (C=N–C) groups is 1. The SMILES string of the molecule is COc1cc(OC)cc([C@H]2C(C(=O)OC(C)C)=C(C)N=C3SC=C(CC(=O)NCc4ccc(F)cc4)N32)c1. The standard InChI is InChI=1S/C28H30FN3O5S/c1-16(2)37-27(34)25-17(3)31-28-32(26(25)19-10-22(35-4)13-23(11-19)36-5)21(15-38-28)12-24(33)30-14-18-6-8-20(29)9-7-18/h6-11,13,15-16,26H,12,14H2,1-5H3,(H,30,33)/t26-/m0/s1. The van der Waals surface area contributed by atoms with Gasteiger partial charge in [0.25, 0.3) is 0 Å². The summed E-state index contributed by atoms with van der Waals surface area (Å²) in [6.07, 6.45) is -0.273. The number of thioether (sulfide) groups is 1. The van der Waals surface area contributed by atoms with Crippen LogP contribution >= 0.6 is 11.8 Å². The number of esters is 1. The summed E-state index contributed by atoms with van der Waals surface area (Å²) in [5.74, 6) is 0.0886. The fourth-order valence-electron chi connectivity index (χ4n) is 4.24. The van der Waals surface area contributed by atoms with Gasteiger partial charge in [-0.2, -0.15) is 0 Å². The number of hydrogen-bond acceptors (Lipinski definition) is 8. The zero-order valence-corrected chi connectivity index (χ0v) is 22.7. The molecule has 2 aliphatic rings. The Morgan fingerprint density at radius 1 is 1.11 bits per heavy atom. The molecule has 8 nitrogen and oxygen atoms in total. The van der Waals surface area contributed by atoms with Crippen LogP contribution in [0, 0.1) is 5.82 Å². The van der Waals surface area contributed by atoms with Crippen LogP contribution in [-0.4, -0.2) is 42.3 Å². The summed E-state index contributed by atoms with van der Waals surface area (Å²) in [4.78, 5) is 32.8. The smallest absolute Gasteiger partial charge is 0.338 e. The molecule has 0 bridgehead atoms. The van der Waals surface area contributed by atoms with Crippen molar-refractivity contribution in [1.82, 2.24) is 10.2 Å². The molecule has 0 fully saturated rings. The Kier molecular flexibility index (Phi) is 8.41. The van der Waals surface area contributed by atoms with Gasteiger partial charge in [-0.15, -0.1) is 0 Å². The molecule has 0 aromatic heterocycles. The highest BCUT2D eigenvalue weighted by molar-refractivity contribution is 8.16. The maximum Gasteiger partial charge on any atom is 0.338 e. The third-order valence-corrected chi connectivity index (χ3v) is 6.89. The lowest BCUT2D eigenvalue weighted by Crippen LogP contribution is -2.38. The summed E-state index contributed by atoms with van der Waals surface area (Å²) < 4.78 is 29.8. The highest BCUT2D eigenvalue weighted by atomic mass is 32.2. The van der Waals surface area contributed by atoms with Gasteiger partial charge in [0.15, 0.2) is 5.17 Å². The van der Waals surface area contributed by atoms with Crippen LogP contribution in [-0.2, 0) is 20.9 Å². The summed E-state index contributed by atoms with van der Waals surface area (Å²) in [5.41, 5.74) is 3.10. The molecule has 0 spiro atoms. The first-order chi connectivity index (χ1) is 18.2. The second-order valence-electron chi connectivity index (χ2n) is 9.07. The third-order valence-electron chi connectivity index (χ3n) is 6.00. The van der Waals surface area contributed by atoms with E-state index in [2.05, 4.69) is 10.3 Å². The predicted molar refractivity (Wildman–Crippen MR) is 144 cm³/mol. The summed E-state index contributed by atoms with van der Waals surface area (Å²) in [6, 6.07) is 10.8. The normalized spacial score (nSPS) is 16.6. The van der Waals surface area contributed by atoms with E-state index in [9.17, 15) is 14.0 Å². The maximum absolute atomic E-state index is 13.3. The molecule has 0 saturated carbocycles. The topological polar surface area (TPSA) is 89.5 Å². The van der Waals surface area contributed by atoms with E-state index in [-0.39, 0.29) is 30.8 Å². The van der Waals surface area contributed by atoms with Gasteiger partial charge in [-0.05, 0) is 61.6 Å². The Morgan fingerprint density at radius 2 is 1.76 bits per heavy atom. The number of hydrogen-bond donors (Lipinski definition) is 1. The van der Waals surface area contributed by atoms with Crippen molar-refractivity contribution < 1.29 is 28.2 Å². The predicted octanol–water partition coefficient (Wildman–Crippen LogP) is 5.08. The highest BCUT2D eigenvalue weighted by Gasteiger charge is 2.41. The van der Waals surface area contributed by atoms with Gasteiger partial charge in [0.1, 0.15) is 17.3 Å². The van der Waals surface area contributed by atoms with Crippen LogP contribution in [0.5, 0.6) is 11.5 Å². The van der Waals surface area contributed by atoms with Crippen LogP contribution in [0.2, 0.25) is 0 Å². The van der Waals surface area contributed by atoms with Crippen LogP contribution in [0.25, 0.3) is 0 Å². The Morgan fingerprint density at radius 3 is 2.37 bits per heavy atom. The van der Waals surface area contributed by atoms with Crippen molar-refractivity contribution in [2.24, 2.45) is 4.99 Å². The van der Waals surface area contributed by atoms with Crippen molar-refractivity contribution in [3.05, 3.63) is 81.8 Å². The minimum atomic E-state index is -0.621. The molecule has 0 unspecified atom stereocenters. The number of allylic oxidation sites excluding steroid dienone is 1. The second-order valence-corrected chi connectivity index (χ2v) is 9.91. The zero-order valence-electron chi connectivity index (χ0n) is 21.9. The lowest BCUT2D eigenvalue weighted by Gasteiger charge is -2.36. The van der Waals surface area contributed by atoms with E-state index >= 15 is 0 Å². The molecule has 2 heterocycles. The van der Waals surface area contributed by atoms with Gasteiger partial charge in [0, 0.05) is 18.3 Å². The van der Waals surface area contributed by atoms with Gasteiger partial charge in [0.2, 0.25) is 5.91 Å². The fraction of sp³-hybridized carbons (Fsp3) is 0.321. The Labute approximate surface area is 225 Å². The number of carbonyl (C=O) groups is 2. The minimum absolute atomic E-state index is 0.0520. The molecule has 2 aromatic carbocycles. The van der Waals surface area contributed by atoms with E-state index < -0.39 is 12.0 Å². The van der Waals surface area contributed by atoms with Gasteiger partial charge >= 0.3 is 5.97 Å². The molecule has 1 atom stereocenters. The van der Waals surface area contributed by atoms with Crippen LogP contribution in [0.1, 0.15) is 44.4 Å². The van der Waals surface area contributed by atoms with E-state index in [4.69, 9.17) is 14.2 Å². The molecule has 0 radical (unpaired) electrons. The second kappa shape index (κ2) is 11.7. The van der Waals surface area contributed by atoms with Crippen molar-refractivity contribution in [1.29, 1.82) is 0 Å². The molecule has 0 aliphatic carbocycles. The van der Waals surface area contributed by atoms with Crippen molar-refractivity contribution in [2.75, 3.05) is 14.2 Å². The monoisotopic (exact) mass is 539 g/mol. The first-order valence-electron chi connectivity index (χ1n) is 12.1. The van der Waals surface area contributed by atoms with Crippen molar-refractivity contribution in [2.45, 2.75) is 45.9 Å². The van der Waals surface area contributed by atoms with Gasteiger partial charge in [-0.1, -0.05) is 23.9 Å². The van der Waals surface area contributed by atoms with E-state index in [1.807, 2.05) is 22.4 Å². The fourth-order valence-corrected chi connectivity index (χ4v) is 5.21. The summed E-state index contributed by atoms with van der Waals surface area (Å²) >= 11 is 1.39. The number of methoxy groups -OCH3 is 2. The molecule has 1 amide bonds. The van der Waals surface area contributed by atoms with Crippen LogP contribution in [0.4, 0.5) is 4.39 Å². The van der Waals surface area contributed by atoms with Crippen molar-refractivity contribution in [3.8, 4) is 11.5 Å². The van der Waals surface area contributed by atoms with Gasteiger partial charge < -0.3 is 24.4 Å². The van der Waals surface area contributed by atoms with Gasteiger partial charge in [-0.3, -0.25) is 4.79 Å².